The molecule has 1 unspecified atom stereocenters. The maximum atomic E-state index is 12.9. The third-order valence-corrected chi connectivity index (χ3v) is 4.04. The van der Waals surface area contributed by atoms with Crippen LogP contribution in [0.4, 0.5) is 4.39 Å². The van der Waals surface area contributed by atoms with Gasteiger partial charge in [-0.1, -0.05) is 36.4 Å². The van der Waals surface area contributed by atoms with Crippen LogP contribution < -0.4 is 5.32 Å². The standard InChI is InChI=1S/C21H28FNO2/c1-3-24-25-16-20-8-6-18(7-9-20)5-4-14-23-17(2)15-19-10-12-21(22)13-11-19/h6-13,17,23H,3-5,14-16H2,1-2H3. The third kappa shape index (κ3) is 7.78. The van der Waals surface area contributed by atoms with Crippen LogP contribution >= 0.6 is 0 Å². The molecule has 2 aromatic carbocycles. The molecule has 0 amide bonds. The van der Waals surface area contributed by atoms with Gasteiger partial charge >= 0.3 is 0 Å². The largest absolute Gasteiger partial charge is 0.314 e. The Morgan fingerprint density at radius 2 is 1.56 bits per heavy atom. The van der Waals surface area contributed by atoms with E-state index in [2.05, 4.69) is 36.5 Å². The summed E-state index contributed by atoms with van der Waals surface area (Å²) in [6.45, 7) is 6.08. The number of hydrogen-bond donors (Lipinski definition) is 1. The highest BCUT2D eigenvalue weighted by molar-refractivity contribution is 5.22. The van der Waals surface area contributed by atoms with Gasteiger partial charge in [0.2, 0.25) is 0 Å². The first-order valence-corrected chi connectivity index (χ1v) is 8.97. The summed E-state index contributed by atoms with van der Waals surface area (Å²) in [6.07, 6.45) is 3.04. The van der Waals surface area contributed by atoms with Crippen molar-refractivity contribution in [2.45, 2.75) is 45.8 Å². The molecule has 0 fully saturated rings. The molecule has 2 rings (SSSR count). The number of halogens is 1. The van der Waals surface area contributed by atoms with Crippen LogP contribution in [0, 0.1) is 5.82 Å². The lowest BCUT2D eigenvalue weighted by Crippen LogP contribution is -2.29. The van der Waals surface area contributed by atoms with Gasteiger partial charge in [0.1, 0.15) is 12.4 Å². The smallest absolute Gasteiger partial charge is 0.123 e. The van der Waals surface area contributed by atoms with Crippen molar-refractivity contribution in [1.29, 1.82) is 0 Å². The Hall–Kier alpha value is -1.75. The summed E-state index contributed by atoms with van der Waals surface area (Å²) in [5, 5.41) is 3.53. The van der Waals surface area contributed by atoms with Crippen molar-refractivity contribution in [1.82, 2.24) is 5.32 Å². The van der Waals surface area contributed by atoms with E-state index in [1.807, 2.05) is 19.1 Å². The zero-order valence-corrected chi connectivity index (χ0v) is 15.1. The van der Waals surface area contributed by atoms with Crippen molar-refractivity contribution in [3.8, 4) is 0 Å². The predicted octanol–water partition coefficient (Wildman–Crippen LogP) is 4.45. The minimum atomic E-state index is -0.181. The molecule has 0 heterocycles. The van der Waals surface area contributed by atoms with E-state index >= 15 is 0 Å². The fourth-order valence-electron chi connectivity index (χ4n) is 2.68. The van der Waals surface area contributed by atoms with Gasteiger partial charge in [0.25, 0.3) is 0 Å². The van der Waals surface area contributed by atoms with Crippen LogP contribution in [-0.4, -0.2) is 19.2 Å². The zero-order valence-electron chi connectivity index (χ0n) is 15.1. The van der Waals surface area contributed by atoms with Crippen LogP contribution in [0.15, 0.2) is 48.5 Å². The molecular weight excluding hydrogens is 317 g/mol. The first-order valence-electron chi connectivity index (χ1n) is 8.97. The highest BCUT2D eigenvalue weighted by Crippen LogP contribution is 2.09. The summed E-state index contributed by atoms with van der Waals surface area (Å²) in [6, 6.07) is 15.6. The van der Waals surface area contributed by atoms with E-state index in [0.717, 1.165) is 36.9 Å². The molecule has 0 saturated carbocycles. The van der Waals surface area contributed by atoms with E-state index in [9.17, 15) is 4.39 Å². The average Bonchev–Trinajstić information content (AvgIpc) is 2.62. The van der Waals surface area contributed by atoms with Crippen LogP contribution in [0.25, 0.3) is 0 Å². The van der Waals surface area contributed by atoms with E-state index in [1.165, 1.54) is 17.7 Å². The molecule has 0 aliphatic carbocycles. The molecular formula is C21H28FNO2. The molecule has 25 heavy (non-hydrogen) atoms. The summed E-state index contributed by atoms with van der Waals surface area (Å²) < 4.78 is 12.9. The Kier molecular flexibility index (Phi) is 8.60. The normalized spacial score (nSPS) is 12.3. The Morgan fingerprint density at radius 3 is 2.24 bits per heavy atom. The Labute approximate surface area is 150 Å². The van der Waals surface area contributed by atoms with Gasteiger partial charge in [0.15, 0.2) is 0 Å². The van der Waals surface area contributed by atoms with E-state index in [4.69, 9.17) is 9.78 Å². The average molecular weight is 345 g/mol. The summed E-state index contributed by atoms with van der Waals surface area (Å²) in [5.74, 6) is -0.181. The Morgan fingerprint density at radius 1 is 0.920 bits per heavy atom. The molecule has 0 aliphatic heterocycles. The molecule has 1 N–H and O–H groups in total. The van der Waals surface area contributed by atoms with Crippen molar-refractivity contribution in [3.05, 3.63) is 71.0 Å². The number of nitrogens with one attached hydrogen (secondary N) is 1. The van der Waals surface area contributed by atoms with E-state index in [0.29, 0.717) is 19.3 Å². The van der Waals surface area contributed by atoms with E-state index in [1.54, 1.807) is 0 Å². The summed E-state index contributed by atoms with van der Waals surface area (Å²) >= 11 is 0. The van der Waals surface area contributed by atoms with Gasteiger partial charge in [-0.05, 0) is 68.5 Å². The SMILES string of the molecule is CCOOCc1ccc(CCCNC(C)Cc2ccc(F)cc2)cc1. The van der Waals surface area contributed by atoms with Gasteiger partial charge < -0.3 is 5.32 Å². The van der Waals surface area contributed by atoms with Gasteiger partial charge in [-0.15, -0.1) is 0 Å². The fraction of sp³-hybridized carbons (Fsp3) is 0.429. The fourth-order valence-corrected chi connectivity index (χ4v) is 2.68. The van der Waals surface area contributed by atoms with E-state index in [-0.39, 0.29) is 5.82 Å². The monoisotopic (exact) mass is 345 g/mol. The maximum absolute atomic E-state index is 12.9. The highest BCUT2D eigenvalue weighted by Gasteiger charge is 2.03. The minimum absolute atomic E-state index is 0.181. The van der Waals surface area contributed by atoms with Crippen LogP contribution in [0.5, 0.6) is 0 Å². The molecule has 136 valence electrons. The number of aryl methyl sites for hydroxylation is 1. The van der Waals surface area contributed by atoms with Crippen molar-refractivity contribution in [3.63, 3.8) is 0 Å². The number of hydrogen-bond acceptors (Lipinski definition) is 3. The number of benzene rings is 2. The summed E-state index contributed by atoms with van der Waals surface area (Å²) in [7, 11) is 0. The topological polar surface area (TPSA) is 30.5 Å². The Bertz CT molecular complexity index is 598. The second-order valence-corrected chi connectivity index (χ2v) is 6.27. The summed E-state index contributed by atoms with van der Waals surface area (Å²) in [4.78, 5) is 9.95. The van der Waals surface area contributed by atoms with Gasteiger partial charge in [0, 0.05) is 6.04 Å². The second kappa shape index (κ2) is 11.0. The molecule has 1 atom stereocenters. The molecule has 3 nitrogen and oxygen atoms in total. The first kappa shape index (κ1) is 19.6. The Balaban J connectivity index is 1.62. The van der Waals surface area contributed by atoms with Crippen molar-refractivity contribution in [2.75, 3.05) is 13.2 Å². The molecule has 0 radical (unpaired) electrons. The third-order valence-electron chi connectivity index (χ3n) is 4.04. The van der Waals surface area contributed by atoms with Crippen molar-refractivity contribution >= 4 is 0 Å². The summed E-state index contributed by atoms with van der Waals surface area (Å²) in [5.41, 5.74) is 3.60. The van der Waals surface area contributed by atoms with Crippen LogP contribution in [-0.2, 0) is 29.2 Å². The maximum Gasteiger partial charge on any atom is 0.123 e. The first-order chi connectivity index (χ1) is 12.2. The minimum Gasteiger partial charge on any atom is -0.314 e. The predicted molar refractivity (Wildman–Crippen MR) is 98.7 cm³/mol. The van der Waals surface area contributed by atoms with Crippen molar-refractivity contribution in [2.24, 2.45) is 0 Å². The van der Waals surface area contributed by atoms with E-state index < -0.39 is 0 Å². The van der Waals surface area contributed by atoms with Gasteiger partial charge in [-0.2, -0.15) is 0 Å². The van der Waals surface area contributed by atoms with Gasteiger partial charge in [0.05, 0.1) is 6.61 Å². The zero-order chi connectivity index (χ0) is 17.9. The number of rotatable bonds is 11. The molecule has 0 saturated heterocycles. The lowest BCUT2D eigenvalue weighted by molar-refractivity contribution is -0.300. The van der Waals surface area contributed by atoms with Gasteiger partial charge in [-0.25, -0.2) is 14.2 Å². The quantitative estimate of drug-likeness (QED) is 0.371. The highest BCUT2D eigenvalue weighted by atomic mass is 19.1. The molecule has 2 aromatic rings. The van der Waals surface area contributed by atoms with Crippen LogP contribution in [0.1, 0.15) is 37.0 Å². The molecule has 0 spiro atoms. The second-order valence-electron chi connectivity index (χ2n) is 6.27. The lowest BCUT2D eigenvalue weighted by atomic mass is 10.1. The van der Waals surface area contributed by atoms with Crippen LogP contribution in [0.2, 0.25) is 0 Å². The molecule has 4 heteroatoms. The molecule has 0 aromatic heterocycles. The lowest BCUT2D eigenvalue weighted by Gasteiger charge is -2.14. The van der Waals surface area contributed by atoms with Crippen molar-refractivity contribution < 1.29 is 14.2 Å². The van der Waals surface area contributed by atoms with Crippen LogP contribution in [0.3, 0.4) is 0 Å². The molecule has 0 aliphatic rings. The molecule has 0 bridgehead atoms. The van der Waals surface area contributed by atoms with Gasteiger partial charge in [-0.3, -0.25) is 0 Å².